The van der Waals surface area contributed by atoms with E-state index in [1.165, 1.54) is 12.1 Å². The molecule has 72 valence electrons. The van der Waals surface area contributed by atoms with E-state index in [2.05, 4.69) is 5.32 Å². The zero-order valence-electron chi connectivity index (χ0n) is 7.23. The Balaban J connectivity index is 2.92. The highest BCUT2D eigenvalue weighted by Gasteiger charge is 2.25. The Hall–Kier alpha value is -0.965. The van der Waals surface area contributed by atoms with Gasteiger partial charge in [-0.25, -0.2) is 0 Å². The Morgan fingerprint density at radius 2 is 2.00 bits per heavy atom. The first kappa shape index (κ1) is 10.1. The lowest BCUT2D eigenvalue weighted by Crippen LogP contribution is -2.34. The minimum Gasteiger partial charge on any atom is -0.445 e. The summed E-state index contributed by atoms with van der Waals surface area (Å²) in [6, 6.07) is 5.37. The molecule has 0 aromatic heterocycles. The summed E-state index contributed by atoms with van der Waals surface area (Å²) in [7, 11) is 1.70. The zero-order valence-corrected chi connectivity index (χ0v) is 7.23. The van der Waals surface area contributed by atoms with Crippen LogP contribution in [-0.2, 0) is 6.54 Å². The summed E-state index contributed by atoms with van der Waals surface area (Å²) in [5.74, 6) is 0. The fourth-order valence-corrected chi connectivity index (χ4v) is 1.11. The summed E-state index contributed by atoms with van der Waals surface area (Å²) in [5.41, 5.74) is 0.118. The molecule has 5 heteroatoms. The molecule has 0 radical (unpaired) electrons. The van der Waals surface area contributed by atoms with Crippen molar-refractivity contribution in [2.45, 2.75) is 6.54 Å². The highest BCUT2D eigenvalue weighted by atomic mass is 19.4. The van der Waals surface area contributed by atoms with Crippen molar-refractivity contribution < 1.29 is 12.9 Å². The number of hydrogen-bond acceptors (Lipinski definition) is 1. The molecule has 1 aromatic rings. The Kier molecular flexibility index (Phi) is 2.98. The molecule has 0 atom stereocenters. The van der Waals surface area contributed by atoms with E-state index in [9.17, 15) is 12.9 Å². The first-order valence-electron chi connectivity index (χ1n) is 3.97. The van der Waals surface area contributed by atoms with Gasteiger partial charge in [-0.2, -0.15) is 0 Å². The lowest BCUT2D eigenvalue weighted by atomic mass is 9.79. The van der Waals surface area contributed by atoms with Crippen LogP contribution in [0.4, 0.5) is 12.9 Å². The van der Waals surface area contributed by atoms with Gasteiger partial charge in [-0.1, -0.05) is 24.3 Å². The molecule has 0 amide bonds. The van der Waals surface area contributed by atoms with Gasteiger partial charge in [-0.05, 0) is 12.6 Å². The second-order valence-electron chi connectivity index (χ2n) is 2.85. The van der Waals surface area contributed by atoms with Gasteiger partial charge in [-0.15, -0.1) is 5.46 Å². The van der Waals surface area contributed by atoms with Gasteiger partial charge in [0.25, 0.3) is 0 Å². The van der Waals surface area contributed by atoms with Crippen molar-refractivity contribution in [3.05, 3.63) is 29.8 Å². The van der Waals surface area contributed by atoms with Gasteiger partial charge >= 0.3 is 6.98 Å². The third kappa shape index (κ3) is 2.77. The lowest BCUT2D eigenvalue weighted by molar-refractivity contribution is 0.501. The molecule has 13 heavy (non-hydrogen) atoms. The van der Waals surface area contributed by atoms with Crippen molar-refractivity contribution in [3.8, 4) is 0 Å². The van der Waals surface area contributed by atoms with E-state index in [0.717, 1.165) is 6.07 Å². The molecule has 0 bridgehead atoms. The number of halogens is 3. The number of nitrogens with one attached hydrogen (secondary N) is 1. The predicted molar refractivity (Wildman–Crippen MR) is 47.9 cm³/mol. The van der Waals surface area contributed by atoms with Gasteiger partial charge in [0.15, 0.2) is 0 Å². The van der Waals surface area contributed by atoms with Crippen molar-refractivity contribution in [2.75, 3.05) is 7.05 Å². The first-order valence-corrected chi connectivity index (χ1v) is 3.97. The van der Waals surface area contributed by atoms with Crippen LogP contribution in [0.5, 0.6) is 0 Å². The third-order valence-electron chi connectivity index (χ3n) is 1.71. The van der Waals surface area contributed by atoms with E-state index in [1.54, 1.807) is 13.1 Å². The van der Waals surface area contributed by atoms with Gasteiger partial charge in [0.05, 0.1) is 0 Å². The molecule has 0 saturated heterocycles. The van der Waals surface area contributed by atoms with Crippen molar-refractivity contribution >= 4 is 12.4 Å². The van der Waals surface area contributed by atoms with Crippen LogP contribution in [0.2, 0.25) is 0 Å². The second kappa shape index (κ2) is 3.83. The average Bonchev–Trinajstić information content (AvgIpc) is 2.04. The maximum atomic E-state index is 12.3. The second-order valence-corrected chi connectivity index (χ2v) is 2.85. The largest absolute Gasteiger partial charge is 0.509 e. The summed E-state index contributed by atoms with van der Waals surface area (Å²) in [6.45, 7) is -4.41. The molecule has 0 fully saturated rings. The van der Waals surface area contributed by atoms with Crippen molar-refractivity contribution in [1.82, 2.24) is 5.32 Å². The molecular formula is C8H10BF3N-. The third-order valence-corrected chi connectivity index (χ3v) is 1.71. The molecule has 1 N–H and O–H groups in total. The maximum absolute atomic E-state index is 12.3. The van der Waals surface area contributed by atoms with Crippen molar-refractivity contribution in [1.29, 1.82) is 0 Å². The summed E-state index contributed by atoms with van der Waals surface area (Å²) >= 11 is 0. The molecule has 0 aliphatic carbocycles. The van der Waals surface area contributed by atoms with E-state index in [1.807, 2.05) is 0 Å². The number of benzene rings is 1. The first-order chi connectivity index (χ1) is 6.04. The summed E-state index contributed by atoms with van der Waals surface area (Å²) in [6.07, 6.45) is 0. The van der Waals surface area contributed by atoms with Gasteiger partial charge in [-0.3, -0.25) is 0 Å². The van der Waals surface area contributed by atoms with Gasteiger partial charge in [0.1, 0.15) is 0 Å². The van der Waals surface area contributed by atoms with Gasteiger partial charge in [0, 0.05) is 6.54 Å². The quantitative estimate of drug-likeness (QED) is 0.708. The molecule has 1 nitrogen and oxygen atoms in total. The minimum absolute atomic E-state index is 0.458. The molecule has 0 aliphatic heterocycles. The van der Waals surface area contributed by atoms with Gasteiger partial charge in [0.2, 0.25) is 0 Å². The van der Waals surface area contributed by atoms with Gasteiger partial charge < -0.3 is 18.3 Å². The van der Waals surface area contributed by atoms with Crippen LogP contribution in [0.15, 0.2) is 24.3 Å². The molecule has 1 aromatic carbocycles. The topological polar surface area (TPSA) is 12.0 Å². The van der Waals surface area contributed by atoms with Crippen LogP contribution in [-0.4, -0.2) is 14.0 Å². The fraction of sp³-hybridized carbons (Fsp3) is 0.250. The van der Waals surface area contributed by atoms with E-state index < -0.39 is 12.4 Å². The lowest BCUT2D eigenvalue weighted by Gasteiger charge is -2.15. The Morgan fingerprint density at radius 1 is 1.31 bits per heavy atom. The summed E-state index contributed by atoms with van der Waals surface area (Å²) in [5, 5.41) is 2.80. The molecular weight excluding hydrogens is 178 g/mol. The van der Waals surface area contributed by atoms with Crippen LogP contribution in [0.1, 0.15) is 5.56 Å². The van der Waals surface area contributed by atoms with Crippen LogP contribution < -0.4 is 10.8 Å². The highest BCUT2D eigenvalue weighted by Crippen LogP contribution is 2.09. The molecule has 0 aliphatic rings. The van der Waals surface area contributed by atoms with E-state index >= 15 is 0 Å². The molecule has 0 spiro atoms. The van der Waals surface area contributed by atoms with Crippen LogP contribution in [0.3, 0.4) is 0 Å². The average molecular weight is 188 g/mol. The van der Waals surface area contributed by atoms with Crippen molar-refractivity contribution in [2.24, 2.45) is 0 Å². The molecule has 0 heterocycles. The normalized spacial score (nSPS) is 11.7. The fourth-order valence-electron chi connectivity index (χ4n) is 1.11. The summed E-state index contributed by atoms with van der Waals surface area (Å²) in [4.78, 5) is 0. The minimum atomic E-state index is -4.87. The monoisotopic (exact) mass is 188 g/mol. The van der Waals surface area contributed by atoms with Crippen LogP contribution in [0.25, 0.3) is 0 Å². The number of rotatable bonds is 3. The SMILES string of the molecule is CNCc1cccc([B-](F)(F)F)c1. The van der Waals surface area contributed by atoms with E-state index in [-0.39, 0.29) is 0 Å². The molecule has 1 rings (SSSR count). The predicted octanol–water partition coefficient (Wildman–Crippen LogP) is 1.46. The Bertz CT molecular complexity index is 285. The molecule has 0 unspecified atom stereocenters. The Labute approximate surface area is 75.0 Å². The van der Waals surface area contributed by atoms with E-state index in [0.29, 0.717) is 12.1 Å². The Morgan fingerprint density at radius 3 is 2.54 bits per heavy atom. The number of hydrogen-bond donors (Lipinski definition) is 1. The zero-order chi connectivity index (χ0) is 9.90. The van der Waals surface area contributed by atoms with E-state index in [4.69, 9.17) is 0 Å². The standard InChI is InChI=1S/C8H10BF3N/c1-13-6-7-3-2-4-8(5-7)9(10,11)12/h2-5,13H,6H2,1H3/q-1. The van der Waals surface area contributed by atoms with Crippen LogP contribution in [0, 0.1) is 0 Å². The smallest absolute Gasteiger partial charge is 0.445 e. The van der Waals surface area contributed by atoms with Crippen molar-refractivity contribution in [3.63, 3.8) is 0 Å². The van der Waals surface area contributed by atoms with Crippen LogP contribution >= 0.6 is 0 Å². The summed E-state index contributed by atoms with van der Waals surface area (Å²) < 4.78 is 36.8. The molecule has 0 saturated carbocycles. The highest BCUT2D eigenvalue weighted by molar-refractivity contribution is 6.73. The maximum Gasteiger partial charge on any atom is 0.509 e.